The van der Waals surface area contributed by atoms with E-state index in [0.717, 1.165) is 234 Å². The van der Waals surface area contributed by atoms with E-state index in [2.05, 4.69) is 497 Å². The molecule has 0 saturated heterocycles. The standard InChI is InChI=1S/2C48H32N2O2.C42H28N2O2/c1-4-12-33(13-5-1)34-20-22-37(23-21-34)49(35-14-6-2-7-15-35)38-26-29-46-44(30-38)43-28-25-40(32-48(43)52-46)50(36-16-8-3-9-17-36)39-24-27-42-41-18-10-11-19-45(41)51-47(42)31-39;1-4-12-33(13-5-1)34-20-22-37(23-21-34)50(39-24-27-42-41-18-10-11-19-45(41)51-47(42)31-39)40-25-28-43-44-30-38(26-29-46(44)52-48(43)32-40)49(35-14-6-2-7-15-35)36-16-8-3-9-17-36;1-4-12-29(13-5-1)43(30-14-6-2-7-15-30)32-22-25-40-38(26-32)37-24-21-34(28-42(37)46-40)44(31-16-8-3-9-17-31)33-20-23-36-35-18-10-11-19-39(35)45-41(36)27-33/h2*1-32H;1-28H. The van der Waals surface area contributed by atoms with Crippen LogP contribution in [0.3, 0.4) is 0 Å². The molecule has 0 radical (unpaired) electrons. The normalized spacial score (nSPS) is 11.5. The van der Waals surface area contributed by atoms with Crippen LogP contribution in [0.2, 0.25) is 0 Å². The summed E-state index contributed by atoms with van der Waals surface area (Å²) in [5.41, 5.74) is 33.9. The molecule has 0 bridgehead atoms. The molecule has 12 heteroatoms. The second-order valence-electron chi connectivity index (χ2n) is 37.4. The first-order chi connectivity index (χ1) is 74.3. The number of hydrogen-bond acceptors (Lipinski definition) is 12. The molecule has 0 saturated carbocycles. The Kier molecular flexibility index (Phi) is 22.7. The van der Waals surface area contributed by atoms with Gasteiger partial charge in [-0.2, -0.15) is 0 Å². The predicted octanol–water partition coefficient (Wildman–Crippen LogP) is 40.6. The molecule has 0 spiro atoms. The number of hydrogen-bond donors (Lipinski definition) is 0. The summed E-state index contributed by atoms with van der Waals surface area (Å²) in [6.07, 6.45) is 0. The third kappa shape index (κ3) is 16.8. The van der Waals surface area contributed by atoms with Gasteiger partial charge >= 0.3 is 0 Å². The second-order valence-corrected chi connectivity index (χ2v) is 37.4. The minimum absolute atomic E-state index is 0.825. The Labute approximate surface area is 864 Å². The van der Waals surface area contributed by atoms with Crippen LogP contribution in [0, 0.1) is 0 Å². The SMILES string of the molecule is c1ccc(-c2ccc(N(c3ccc4c(c3)oc3ccccc34)c3ccc4c(c3)oc3ccc(N(c5ccccc5)c5ccccc5)cc34)cc2)cc1.c1ccc(-c2ccc(N(c3ccccc3)c3ccc4oc5cc(N(c6ccccc6)c6ccc7c(c6)oc6ccccc67)ccc5c4c3)cc2)cc1.c1ccc(N(c2ccc3c(c2)oc2ccccc23)c2ccc3c(c2)oc2ccc(N(c4ccccc4)c4ccccc4)cc23)cc1. The number of furan rings is 6. The van der Waals surface area contributed by atoms with E-state index in [1.807, 2.05) is 91.0 Å². The maximum absolute atomic E-state index is 6.58. The van der Waals surface area contributed by atoms with Gasteiger partial charge in [-0.3, -0.25) is 0 Å². The van der Waals surface area contributed by atoms with Crippen LogP contribution in [0.15, 0.2) is 585 Å². The molecule has 0 unspecified atom stereocenters. The van der Waals surface area contributed by atoms with Gasteiger partial charge in [0.15, 0.2) is 0 Å². The maximum atomic E-state index is 6.58. The Bertz CT molecular complexity index is 9900. The van der Waals surface area contributed by atoms with E-state index in [4.69, 9.17) is 26.5 Å². The lowest BCUT2D eigenvalue weighted by Gasteiger charge is -2.26. The molecule has 0 aliphatic rings. The highest BCUT2D eigenvalue weighted by molar-refractivity contribution is 6.14. The average molecular weight is 1930 g/mol. The minimum atomic E-state index is 0.825. The van der Waals surface area contributed by atoms with Crippen LogP contribution < -0.4 is 29.4 Å². The molecular formula is C138H92N6O6. The zero-order valence-corrected chi connectivity index (χ0v) is 81.2. The molecular weight excluding hydrogens is 1840 g/mol. The van der Waals surface area contributed by atoms with Crippen LogP contribution in [0.25, 0.3) is 154 Å². The number of para-hydroxylation sites is 10. The maximum Gasteiger partial charge on any atom is 0.137 e. The zero-order valence-electron chi connectivity index (χ0n) is 81.2. The third-order valence-corrected chi connectivity index (χ3v) is 28.3. The Hall–Kier alpha value is -20.3. The van der Waals surface area contributed by atoms with Gasteiger partial charge in [-0.05, 0) is 277 Å². The van der Waals surface area contributed by atoms with E-state index in [1.165, 1.54) is 22.3 Å². The van der Waals surface area contributed by atoms with Crippen LogP contribution in [0.4, 0.5) is 102 Å². The smallest absolute Gasteiger partial charge is 0.137 e. The molecule has 23 aromatic carbocycles. The Balaban J connectivity index is 0.000000111. The third-order valence-electron chi connectivity index (χ3n) is 28.3. The van der Waals surface area contributed by atoms with Crippen molar-refractivity contribution in [3.63, 3.8) is 0 Å². The van der Waals surface area contributed by atoms with E-state index in [0.29, 0.717) is 0 Å². The van der Waals surface area contributed by atoms with Crippen LogP contribution in [0.5, 0.6) is 0 Å². The first kappa shape index (κ1) is 88.6. The van der Waals surface area contributed by atoms with Gasteiger partial charge in [0.25, 0.3) is 0 Å². The van der Waals surface area contributed by atoms with Gasteiger partial charge in [0.05, 0.1) is 0 Å². The fraction of sp³-hybridized carbons (Fsp3) is 0. The number of rotatable bonds is 20. The van der Waals surface area contributed by atoms with Crippen molar-refractivity contribution >= 4 is 234 Å². The fourth-order valence-corrected chi connectivity index (χ4v) is 21.2. The molecule has 0 aliphatic heterocycles. The van der Waals surface area contributed by atoms with Gasteiger partial charge < -0.3 is 55.9 Å². The molecule has 29 rings (SSSR count). The molecule has 12 nitrogen and oxygen atoms in total. The Morgan fingerprint density at radius 2 is 0.227 bits per heavy atom. The summed E-state index contributed by atoms with van der Waals surface area (Å²) in [6.45, 7) is 0. The van der Waals surface area contributed by atoms with E-state index in [9.17, 15) is 0 Å². The number of nitrogens with zero attached hydrogens (tertiary/aromatic N) is 6. The van der Waals surface area contributed by atoms with Gasteiger partial charge in [0.1, 0.15) is 67.0 Å². The minimum Gasteiger partial charge on any atom is -0.456 e. The summed E-state index contributed by atoms with van der Waals surface area (Å²) in [5.74, 6) is 0. The Morgan fingerprint density at radius 1 is 0.0867 bits per heavy atom. The molecule has 6 aromatic heterocycles. The van der Waals surface area contributed by atoms with Crippen LogP contribution in [-0.4, -0.2) is 0 Å². The monoisotopic (exact) mass is 1930 g/mol. The molecule has 0 atom stereocenters. The topological polar surface area (TPSA) is 98.3 Å². The summed E-state index contributed by atoms with van der Waals surface area (Å²) in [7, 11) is 0. The van der Waals surface area contributed by atoms with Crippen molar-refractivity contribution in [3.05, 3.63) is 558 Å². The van der Waals surface area contributed by atoms with E-state index < -0.39 is 0 Å². The number of benzene rings is 23. The molecule has 710 valence electrons. The molecule has 29 aromatic rings. The van der Waals surface area contributed by atoms with Crippen LogP contribution in [-0.2, 0) is 0 Å². The molecule has 0 N–H and O–H groups in total. The zero-order chi connectivity index (χ0) is 99.3. The number of fused-ring (bicyclic) bond motifs is 18. The van der Waals surface area contributed by atoms with Crippen molar-refractivity contribution in [3.8, 4) is 22.3 Å². The first-order valence-electron chi connectivity index (χ1n) is 50.4. The predicted molar refractivity (Wildman–Crippen MR) is 622 cm³/mol. The lowest BCUT2D eigenvalue weighted by Crippen LogP contribution is -2.09. The quantitative estimate of drug-likeness (QED) is 0.0727. The summed E-state index contributed by atoms with van der Waals surface area (Å²) >= 11 is 0. The second kappa shape index (κ2) is 38.4. The number of anilines is 18. The van der Waals surface area contributed by atoms with Gasteiger partial charge in [0.2, 0.25) is 0 Å². The van der Waals surface area contributed by atoms with Crippen LogP contribution in [0.1, 0.15) is 0 Å². The van der Waals surface area contributed by atoms with Crippen molar-refractivity contribution < 1.29 is 26.5 Å². The summed E-state index contributed by atoms with van der Waals surface area (Å²) in [4.78, 5) is 13.6. The van der Waals surface area contributed by atoms with Crippen molar-refractivity contribution in [2.24, 2.45) is 0 Å². The highest BCUT2D eigenvalue weighted by Crippen LogP contribution is 2.50. The molecule has 6 heterocycles. The van der Waals surface area contributed by atoms with E-state index in [1.54, 1.807) is 0 Å². The lowest BCUT2D eigenvalue weighted by molar-refractivity contribution is 0.668. The summed E-state index contributed by atoms with van der Waals surface area (Å²) in [5, 5.41) is 13.1. The van der Waals surface area contributed by atoms with Gasteiger partial charge in [-0.25, -0.2) is 0 Å². The fourth-order valence-electron chi connectivity index (χ4n) is 21.2. The Morgan fingerprint density at radius 3 is 0.447 bits per heavy atom. The largest absolute Gasteiger partial charge is 0.456 e. The van der Waals surface area contributed by atoms with Crippen molar-refractivity contribution in [1.82, 2.24) is 0 Å². The van der Waals surface area contributed by atoms with Crippen molar-refractivity contribution in [2.75, 3.05) is 29.4 Å². The highest BCUT2D eigenvalue weighted by Gasteiger charge is 2.27. The van der Waals surface area contributed by atoms with Gasteiger partial charge in [0, 0.05) is 203 Å². The van der Waals surface area contributed by atoms with Crippen molar-refractivity contribution in [1.29, 1.82) is 0 Å². The molecule has 0 aliphatic carbocycles. The molecule has 0 amide bonds. The molecule has 150 heavy (non-hydrogen) atoms. The van der Waals surface area contributed by atoms with E-state index in [-0.39, 0.29) is 0 Å². The van der Waals surface area contributed by atoms with Gasteiger partial charge in [-0.1, -0.05) is 267 Å². The lowest BCUT2D eigenvalue weighted by atomic mass is 10.0. The first-order valence-corrected chi connectivity index (χ1v) is 50.4. The summed E-state index contributed by atoms with van der Waals surface area (Å²) < 4.78 is 38.6. The van der Waals surface area contributed by atoms with Crippen molar-refractivity contribution in [2.45, 2.75) is 0 Å². The van der Waals surface area contributed by atoms with Gasteiger partial charge in [-0.15, -0.1) is 0 Å². The van der Waals surface area contributed by atoms with E-state index >= 15 is 0 Å². The molecule has 0 fully saturated rings. The average Bonchev–Trinajstić information content (AvgIpc) is 1.60. The highest BCUT2D eigenvalue weighted by atomic mass is 16.3. The summed E-state index contributed by atoms with van der Waals surface area (Å²) in [6, 6.07) is 194. The van der Waals surface area contributed by atoms with Crippen LogP contribution >= 0.6 is 0 Å².